The SMILES string of the molecule is CC(C)Cc1cc(C(=O)Nc2ccc(N3CCC(N(C)C)C3)cn2)cc(=O)[nH]1. The number of hydrogen-bond acceptors (Lipinski definition) is 5. The van der Waals surface area contributed by atoms with Crippen LogP contribution in [0.5, 0.6) is 0 Å². The predicted octanol–water partition coefficient (Wildman–Crippen LogP) is 2.36. The summed E-state index contributed by atoms with van der Waals surface area (Å²) in [5.74, 6) is 0.536. The van der Waals surface area contributed by atoms with Gasteiger partial charge in [-0.2, -0.15) is 0 Å². The molecular weight excluding hydrogens is 354 g/mol. The Bertz CT molecular complexity index is 873. The molecule has 28 heavy (non-hydrogen) atoms. The Balaban J connectivity index is 1.67. The third-order valence-corrected chi connectivity index (χ3v) is 5.04. The van der Waals surface area contributed by atoms with E-state index in [2.05, 4.69) is 53.0 Å². The first kappa shape index (κ1) is 20.1. The molecule has 1 amide bonds. The Kier molecular flexibility index (Phi) is 6.14. The van der Waals surface area contributed by atoms with Crippen LogP contribution in [0.15, 0.2) is 35.3 Å². The van der Waals surface area contributed by atoms with Crippen molar-refractivity contribution < 1.29 is 4.79 Å². The number of anilines is 2. The maximum atomic E-state index is 12.5. The summed E-state index contributed by atoms with van der Waals surface area (Å²) in [6.07, 6.45) is 3.63. The van der Waals surface area contributed by atoms with E-state index in [0.29, 0.717) is 29.8 Å². The summed E-state index contributed by atoms with van der Waals surface area (Å²) in [5.41, 5.74) is 1.90. The molecule has 0 aliphatic carbocycles. The lowest BCUT2D eigenvalue weighted by Crippen LogP contribution is -2.31. The second kappa shape index (κ2) is 8.56. The summed E-state index contributed by atoms with van der Waals surface area (Å²) in [7, 11) is 4.21. The second-order valence-electron chi connectivity index (χ2n) is 8.06. The molecule has 7 nitrogen and oxygen atoms in total. The summed E-state index contributed by atoms with van der Waals surface area (Å²) < 4.78 is 0. The fourth-order valence-corrected chi connectivity index (χ4v) is 3.52. The standard InChI is InChI=1S/C21H29N5O2/c1-14(2)9-16-10-15(11-20(27)23-16)21(28)24-19-6-5-17(12-22-19)26-8-7-18(13-26)25(3)4/h5-6,10-12,14,18H,7-9,13H2,1-4H3,(H,23,27)(H,22,24,28). The molecule has 0 spiro atoms. The molecule has 2 aromatic rings. The van der Waals surface area contributed by atoms with Crippen LogP contribution in [0.1, 0.15) is 36.3 Å². The van der Waals surface area contributed by atoms with Crippen molar-refractivity contribution in [3.8, 4) is 0 Å². The first-order valence-corrected chi connectivity index (χ1v) is 9.74. The minimum atomic E-state index is -0.329. The highest BCUT2D eigenvalue weighted by Gasteiger charge is 2.24. The van der Waals surface area contributed by atoms with Gasteiger partial charge in [-0.15, -0.1) is 0 Å². The molecule has 0 bridgehead atoms. The van der Waals surface area contributed by atoms with E-state index in [1.54, 1.807) is 18.3 Å². The molecule has 0 aromatic carbocycles. The number of carbonyl (C=O) groups excluding carboxylic acids is 1. The van der Waals surface area contributed by atoms with Gasteiger partial charge in [0.05, 0.1) is 11.9 Å². The van der Waals surface area contributed by atoms with Gasteiger partial charge < -0.3 is 20.1 Å². The van der Waals surface area contributed by atoms with Gasteiger partial charge in [-0.05, 0) is 51.1 Å². The van der Waals surface area contributed by atoms with Crippen molar-refractivity contribution >= 4 is 17.4 Å². The van der Waals surface area contributed by atoms with Gasteiger partial charge in [0, 0.05) is 36.5 Å². The monoisotopic (exact) mass is 383 g/mol. The highest BCUT2D eigenvalue weighted by atomic mass is 16.2. The lowest BCUT2D eigenvalue weighted by atomic mass is 10.1. The molecule has 2 aromatic heterocycles. The fourth-order valence-electron chi connectivity index (χ4n) is 3.52. The van der Waals surface area contributed by atoms with Crippen LogP contribution >= 0.6 is 0 Å². The van der Waals surface area contributed by atoms with E-state index in [9.17, 15) is 9.59 Å². The van der Waals surface area contributed by atoms with Crippen molar-refractivity contribution in [3.63, 3.8) is 0 Å². The van der Waals surface area contributed by atoms with Crippen LogP contribution < -0.4 is 15.8 Å². The average Bonchev–Trinajstić information content (AvgIpc) is 3.11. The summed E-state index contributed by atoms with van der Waals surface area (Å²) in [6.45, 7) is 6.11. The number of hydrogen-bond donors (Lipinski definition) is 2. The number of aromatic amines is 1. The maximum absolute atomic E-state index is 12.5. The summed E-state index contributed by atoms with van der Waals surface area (Å²) in [4.78, 5) is 36.1. The molecule has 3 heterocycles. The van der Waals surface area contributed by atoms with E-state index in [1.807, 2.05) is 6.07 Å². The number of likely N-dealkylation sites (N-methyl/N-ethyl adjacent to an activating group) is 1. The van der Waals surface area contributed by atoms with E-state index in [1.165, 1.54) is 6.07 Å². The summed E-state index contributed by atoms with van der Waals surface area (Å²) in [5, 5.41) is 2.78. The largest absolute Gasteiger partial charge is 0.369 e. The molecule has 1 fully saturated rings. The number of nitrogens with one attached hydrogen (secondary N) is 2. The van der Waals surface area contributed by atoms with Crippen LogP contribution in [0, 0.1) is 5.92 Å². The third-order valence-electron chi connectivity index (χ3n) is 5.04. The Morgan fingerprint density at radius 3 is 2.75 bits per heavy atom. The van der Waals surface area contributed by atoms with Gasteiger partial charge in [-0.25, -0.2) is 4.98 Å². The maximum Gasteiger partial charge on any atom is 0.257 e. The van der Waals surface area contributed by atoms with Crippen LogP contribution in [0.4, 0.5) is 11.5 Å². The van der Waals surface area contributed by atoms with Crippen molar-refractivity contribution in [2.45, 2.75) is 32.7 Å². The molecule has 2 N–H and O–H groups in total. The Morgan fingerprint density at radius 2 is 2.14 bits per heavy atom. The molecule has 1 aliphatic rings. The molecular formula is C21H29N5O2. The molecule has 0 radical (unpaired) electrons. The molecule has 1 atom stereocenters. The topological polar surface area (TPSA) is 81.3 Å². The highest BCUT2D eigenvalue weighted by molar-refractivity contribution is 6.03. The van der Waals surface area contributed by atoms with Gasteiger partial charge in [0.25, 0.3) is 5.91 Å². The molecule has 1 unspecified atom stereocenters. The molecule has 7 heteroatoms. The average molecular weight is 383 g/mol. The van der Waals surface area contributed by atoms with Crippen molar-refractivity contribution in [1.29, 1.82) is 0 Å². The number of rotatable bonds is 6. The van der Waals surface area contributed by atoms with E-state index in [-0.39, 0.29) is 11.5 Å². The smallest absolute Gasteiger partial charge is 0.257 e. The molecule has 1 aliphatic heterocycles. The van der Waals surface area contributed by atoms with Crippen molar-refractivity contribution in [3.05, 3.63) is 52.1 Å². The normalized spacial score (nSPS) is 16.8. The quantitative estimate of drug-likeness (QED) is 0.800. The van der Waals surface area contributed by atoms with Gasteiger partial charge in [0.15, 0.2) is 0 Å². The van der Waals surface area contributed by atoms with Crippen LogP contribution in [0.2, 0.25) is 0 Å². The van der Waals surface area contributed by atoms with E-state index >= 15 is 0 Å². The molecule has 1 saturated heterocycles. The van der Waals surface area contributed by atoms with E-state index in [0.717, 1.165) is 30.9 Å². The van der Waals surface area contributed by atoms with E-state index in [4.69, 9.17) is 0 Å². The zero-order valence-electron chi connectivity index (χ0n) is 17.0. The van der Waals surface area contributed by atoms with Crippen molar-refractivity contribution in [2.75, 3.05) is 37.4 Å². The number of carbonyl (C=O) groups is 1. The lowest BCUT2D eigenvalue weighted by Gasteiger charge is -2.21. The predicted molar refractivity (Wildman–Crippen MR) is 112 cm³/mol. The first-order chi connectivity index (χ1) is 13.3. The zero-order chi connectivity index (χ0) is 20.3. The third kappa shape index (κ3) is 4.98. The van der Waals surface area contributed by atoms with Gasteiger partial charge in [0.1, 0.15) is 5.82 Å². The lowest BCUT2D eigenvalue weighted by molar-refractivity contribution is 0.102. The minimum absolute atomic E-state index is 0.268. The second-order valence-corrected chi connectivity index (χ2v) is 8.06. The number of pyridine rings is 2. The van der Waals surface area contributed by atoms with E-state index < -0.39 is 0 Å². The van der Waals surface area contributed by atoms with Gasteiger partial charge >= 0.3 is 0 Å². The first-order valence-electron chi connectivity index (χ1n) is 9.74. The molecule has 3 rings (SSSR count). The number of H-pyrrole nitrogens is 1. The summed E-state index contributed by atoms with van der Waals surface area (Å²) in [6, 6.07) is 7.38. The number of nitrogens with zero attached hydrogens (tertiary/aromatic N) is 3. The Morgan fingerprint density at radius 1 is 1.36 bits per heavy atom. The van der Waals surface area contributed by atoms with Crippen LogP contribution in [0.3, 0.4) is 0 Å². The van der Waals surface area contributed by atoms with Crippen LogP contribution in [-0.2, 0) is 6.42 Å². The minimum Gasteiger partial charge on any atom is -0.369 e. The van der Waals surface area contributed by atoms with Crippen LogP contribution in [0.25, 0.3) is 0 Å². The van der Waals surface area contributed by atoms with Crippen LogP contribution in [-0.4, -0.2) is 54.0 Å². The Labute approximate surface area is 165 Å². The highest BCUT2D eigenvalue weighted by Crippen LogP contribution is 2.22. The summed E-state index contributed by atoms with van der Waals surface area (Å²) >= 11 is 0. The van der Waals surface area contributed by atoms with Gasteiger partial charge in [0.2, 0.25) is 5.56 Å². The fraction of sp³-hybridized carbons (Fsp3) is 0.476. The zero-order valence-corrected chi connectivity index (χ0v) is 17.0. The number of aromatic nitrogens is 2. The van der Waals surface area contributed by atoms with Crippen molar-refractivity contribution in [2.24, 2.45) is 5.92 Å². The Hall–Kier alpha value is -2.67. The number of amides is 1. The molecule has 0 saturated carbocycles. The van der Waals surface area contributed by atoms with Gasteiger partial charge in [-0.3, -0.25) is 9.59 Å². The van der Waals surface area contributed by atoms with Crippen molar-refractivity contribution in [1.82, 2.24) is 14.9 Å². The molecule has 150 valence electrons. The van der Waals surface area contributed by atoms with Gasteiger partial charge in [-0.1, -0.05) is 13.8 Å².